The van der Waals surface area contributed by atoms with E-state index in [0.29, 0.717) is 19.5 Å². The van der Waals surface area contributed by atoms with Crippen molar-refractivity contribution in [3.63, 3.8) is 0 Å². The molecule has 2 heterocycles. The molecule has 0 spiro atoms. The minimum absolute atomic E-state index is 0.229. The van der Waals surface area contributed by atoms with E-state index in [1.165, 1.54) is 4.88 Å². The summed E-state index contributed by atoms with van der Waals surface area (Å²) in [7, 11) is 0. The van der Waals surface area contributed by atoms with Crippen LogP contribution in [0.25, 0.3) is 0 Å². The standard InChI is InChI=1S/C15H23N3O2S/c16-14(19)12-17-7-3-8-18(10-9-17)15(20)6-1-4-13-5-2-11-21-13/h2,5,11H,1,3-4,6-10,12H2,(H2,16,19). The average molecular weight is 309 g/mol. The van der Waals surface area contributed by atoms with Gasteiger partial charge in [-0.15, -0.1) is 11.3 Å². The molecule has 0 aromatic carbocycles. The number of hydrogen-bond acceptors (Lipinski definition) is 4. The number of amides is 2. The Labute approximate surface area is 129 Å². The number of rotatable bonds is 6. The third kappa shape index (κ3) is 5.47. The molecule has 2 rings (SSSR count). The fourth-order valence-corrected chi connectivity index (χ4v) is 3.38. The van der Waals surface area contributed by atoms with E-state index in [4.69, 9.17) is 5.73 Å². The Morgan fingerprint density at radius 1 is 1.24 bits per heavy atom. The Kier molecular flexibility index (Phi) is 6.20. The lowest BCUT2D eigenvalue weighted by molar-refractivity contribution is -0.131. The van der Waals surface area contributed by atoms with Crippen LogP contribution >= 0.6 is 11.3 Å². The van der Waals surface area contributed by atoms with Gasteiger partial charge in [0, 0.05) is 37.5 Å². The van der Waals surface area contributed by atoms with Gasteiger partial charge >= 0.3 is 0 Å². The lowest BCUT2D eigenvalue weighted by Crippen LogP contribution is -2.38. The SMILES string of the molecule is NC(=O)CN1CCCN(C(=O)CCCc2cccs2)CC1. The summed E-state index contributed by atoms with van der Waals surface area (Å²) >= 11 is 1.74. The highest BCUT2D eigenvalue weighted by Crippen LogP contribution is 2.13. The highest BCUT2D eigenvalue weighted by atomic mass is 32.1. The molecule has 5 nitrogen and oxygen atoms in total. The average Bonchev–Trinajstić information content (AvgIpc) is 2.84. The topological polar surface area (TPSA) is 66.6 Å². The third-order valence-corrected chi connectivity index (χ3v) is 4.65. The number of aryl methyl sites for hydroxylation is 1. The first-order chi connectivity index (χ1) is 10.1. The number of carbonyl (C=O) groups excluding carboxylic acids is 2. The number of hydrogen-bond donors (Lipinski definition) is 1. The van der Waals surface area contributed by atoms with Gasteiger partial charge in [-0.05, 0) is 30.7 Å². The van der Waals surface area contributed by atoms with Gasteiger partial charge in [0.25, 0.3) is 0 Å². The van der Waals surface area contributed by atoms with Crippen molar-refractivity contribution < 1.29 is 9.59 Å². The summed E-state index contributed by atoms with van der Waals surface area (Å²) in [5, 5.41) is 2.07. The Morgan fingerprint density at radius 3 is 2.81 bits per heavy atom. The Balaban J connectivity index is 1.71. The van der Waals surface area contributed by atoms with Crippen LogP contribution < -0.4 is 5.73 Å². The van der Waals surface area contributed by atoms with Crippen LogP contribution in [0.2, 0.25) is 0 Å². The van der Waals surface area contributed by atoms with E-state index in [1.54, 1.807) is 11.3 Å². The minimum Gasteiger partial charge on any atom is -0.369 e. The zero-order valence-electron chi connectivity index (χ0n) is 12.3. The first-order valence-electron chi connectivity index (χ1n) is 7.46. The Morgan fingerprint density at radius 2 is 2.10 bits per heavy atom. The van der Waals surface area contributed by atoms with E-state index >= 15 is 0 Å². The van der Waals surface area contributed by atoms with Crippen molar-refractivity contribution in [2.24, 2.45) is 5.73 Å². The van der Waals surface area contributed by atoms with Crippen molar-refractivity contribution >= 4 is 23.2 Å². The van der Waals surface area contributed by atoms with Crippen molar-refractivity contribution in [1.29, 1.82) is 0 Å². The van der Waals surface area contributed by atoms with Crippen LogP contribution in [0.1, 0.15) is 24.1 Å². The smallest absolute Gasteiger partial charge is 0.231 e. The normalized spacial score (nSPS) is 16.7. The second-order valence-electron chi connectivity index (χ2n) is 5.41. The molecule has 2 N–H and O–H groups in total. The van der Waals surface area contributed by atoms with E-state index in [1.807, 2.05) is 15.9 Å². The molecule has 0 unspecified atom stereocenters. The minimum atomic E-state index is -0.300. The van der Waals surface area contributed by atoms with Crippen LogP contribution in [0.5, 0.6) is 0 Å². The van der Waals surface area contributed by atoms with Gasteiger partial charge in [0.15, 0.2) is 0 Å². The lowest BCUT2D eigenvalue weighted by atomic mass is 10.2. The largest absolute Gasteiger partial charge is 0.369 e. The van der Waals surface area contributed by atoms with Gasteiger partial charge in [0.1, 0.15) is 0 Å². The number of thiophene rings is 1. The van der Waals surface area contributed by atoms with E-state index in [0.717, 1.165) is 38.9 Å². The second kappa shape index (κ2) is 8.14. The molecular formula is C15H23N3O2S. The molecule has 1 aliphatic heterocycles. The van der Waals surface area contributed by atoms with Crippen molar-refractivity contribution in [3.8, 4) is 0 Å². The van der Waals surface area contributed by atoms with Gasteiger partial charge in [-0.1, -0.05) is 6.07 Å². The van der Waals surface area contributed by atoms with Crippen LogP contribution in [0, 0.1) is 0 Å². The molecule has 6 heteroatoms. The van der Waals surface area contributed by atoms with Crippen molar-refractivity contribution in [2.45, 2.75) is 25.7 Å². The van der Waals surface area contributed by atoms with Crippen molar-refractivity contribution in [1.82, 2.24) is 9.80 Å². The van der Waals surface area contributed by atoms with Crippen LogP contribution in [-0.4, -0.2) is 54.3 Å². The van der Waals surface area contributed by atoms with Crippen LogP contribution in [-0.2, 0) is 16.0 Å². The summed E-state index contributed by atoms with van der Waals surface area (Å²) in [6.07, 6.45) is 3.39. The molecular weight excluding hydrogens is 286 g/mol. The zero-order valence-corrected chi connectivity index (χ0v) is 13.1. The number of primary amides is 1. The molecule has 1 aromatic heterocycles. The van der Waals surface area contributed by atoms with E-state index in [-0.39, 0.29) is 11.8 Å². The van der Waals surface area contributed by atoms with Gasteiger partial charge in [-0.2, -0.15) is 0 Å². The van der Waals surface area contributed by atoms with Crippen molar-refractivity contribution in [3.05, 3.63) is 22.4 Å². The quantitative estimate of drug-likeness (QED) is 0.855. The summed E-state index contributed by atoms with van der Waals surface area (Å²) < 4.78 is 0. The highest BCUT2D eigenvalue weighted by Gasteiger charge is 2.19. The van der Waals surface area contributed by atoms with Crippen LogP contribution in [0.15, 0.2) is 17.5 Å². The summed E-state index contributed by atoms with van der Waals surface area (Å²) in [4.78, 5) is 28.5. The zero-order chi connectivity index (χ0) is 15.1. The molecule has 0 aliphatic carbocycles. The summed E-state index contributed by atoms with van der Waals surface area (Å²) in [6.45, 7) is 3.35. The molecule has 1 fully saturated rings. The van der Waals surface area contributed by atoms with Crippen LogP contribution in [0.4, 0.5) is 0 Å². The molecule has 1 saturated heterocycles. The van der Waals surface area contributed by atoms with Crippen molar-refractivity contribution in [2.75, 3.05) is 32.7 Å². The number of nitrogens with zero attached hydrogens (tertiary/aromatic N) is 2. The molecule has 0 saturated carbocycles. The molecule has 1 aromatic rings. The van der Waals surface area contributed by atoms with E-state index in [2.05, 4.69) is 11.4 Å². The molecule has 116 valence electrons. The Hall–Kier alpha value is -1.40. The predicted octanol–water partition coefficient (Wildman–Crippen LogP) is 1.09. The van der Waals surface area contributed by atoms with Gasteiger partial charge in [0.05, 0.1) is 6.54 Å². The van der Waals surface area contributed by atoms with Gasteiger partial charge in [-0.3, -0.25) is 14.5 Å². The summed E-state index contributed by atoms with van der Waals surface area (Å²) in [6, 6.07) is 4.16. The van der Waals surface area contributed by atoms with Gasteiger partial charge in [0.2, 0.25) is 11.8 Å². The molecule has 1 aliphatic rings. The fourth-order valence-electron chi connectivity index (χ4n) is 2.63. The number of carbonyl (C=O) groups is 2. The Bertz CT molecular complexity index is 461. The molecule has 2 amide bonds. The first-order valence-corrected chi connectivity index (χ1v) is 8.34. The van der Waals surface area contributed by atoms with Gasteiger partial charge < -0.3 is 10.6 Å². The third-order valence-electron chi connectivity index (χ3n) is 3.71. The van der Waals surface area contributed by atoms with E-state index in [9.17, 15) is 9.59 Å². The maximum Gasteiger partial charge on any atom is 0.231 e. The maximum atomic E-state index is 12.2. The predicted molar refractivity (Wildman–Crippen MR) is 84.1 cm³/mol. The highest BCUT2D eigenvalue weighted by molar-refractivity contribution is 7.09. The molecule has 21 heavy (non-hydrogen) atoms. The maximum absolute atomic E-state index is 12.2. The van der Waals surface area contributed by atoms with E-state index < -0.39 is 0 Å². The molecule has 0 atom stereocenters. The monoisotopic (exact) mass is 309 g/mol. The van der Waals surface area contributed by atoms with Gasteiger partial charge in [-0.25, -0.2) is 0 Å². The molecule has 0 bridgehead atoms. The lowest BCUT2D eigenvalue weighted by Gasteiger charge is -2.21. The molecule has 0 radical (unpaired) electrons. The van der Waals surface area contributed by atoms with Crippen LogP contribution in [0.3, 0.4) is 0 Å². The second-order valence-corrected chi connectivity index (χ2v) is 6.44. The summed E-state index contributed by atoms with van der Waals surface area (Å²) in [5.74, 6) is -0.0711. The summed E-state index contributed by atoms with van der Waals surface area (Å²) in [5.41, 5.74) is 5.22. The number of nitrogens with two attached hydrogens (primary N) is 1. The first kappa shape index (κ1) is 16.0. The fraction of sp³-hybridized carbons (Fsp3) is 0.600.